The second kappa shape index (κ2) is 4.76. The molecule has 1 unspecified atom stereocenters. The van der Waals surface area contributed by atoms with Crippen LogP contribution in [0.3, 0.4) is 0 Å². The normalized spacial score (nSPS) is 12.1. The monoisotopic (exact) mass is 224 g/mol. The third kappa shape index (κ3) is 2.20. The van der Waals surface area contributed by atoms with Crippen molar-refractivity contribution < 1.29 is 24.5 Å². The van der Waals surface area contributed by atoms with Crippen LogP contribution >= 0.6 is 0 Å². The molecule has 0 aliphatic rings. The maximum atomic E-state index is 11.0. The fourth-order valence-corrected chi connectivity index (χ4v) is 1.45. The van der Waals surface area contributed by atoms with Crippen LogP contribution in [0.25, 0.3) is 0 Å². The molecule has 0 fully saturated rings. The quantitative estimate of drug-likeness (QED) is 0.814. The van der Waals surface area contributed by atoms with Gasteiger partial charge in [0.1, 0.15) is 0 Å². The van der Waals surface area contributed by atoms with Gasteiger partial charge in [-0.1, -0.05) is 12.1 Å². The van der Waals surface area contributed by atoms with Crippen molar-refractivity contribution in [3.05, 3.63) is 34.9 Å². The Hall–Kier alpha value is -1.88. The maximum absolute atomic E-state index is 11.0. The van der Waals surface area contributed by atoms with Crippen molar-refractivity contribution in [3.63, 3.8) is 0 Å². The van der Waals surface area contributed by atoms with Gasteiger partial charge in [0.2, 0.25) is 0 Å². The minimum absolute atomic E-state index is 0.218. The molecule has 0 heterocycles. The Kier molecular flexibility index (Phi) is 3.63. The Labute approximate surface area is 92.3 Å². The van der Waals surface area contributed by atoms with Gasteiger partial charge in [0.15, 0.2) is 0 Å². The van der Waals surface area contributed by atoms with Gasteiger partial charge in [-0.3, -0.25) is 0 Å². The minimum atomic E-state index is -1.27. The van der Waals surface area contributed by atoms with Gasteiger partial charge in [-0.2, -0.15) is 0 Å². The van der Waals surface area contributed by atoms with Gasteiger partial charge in [0.25, 0.3) is 0 Å². The number of rotatable bonds is 4. The van der Waals surface area contributed by atoms with Crippen molar-refractivity contribution in [2.24, 2.45) is 0 Å². The molecule has 1 rings (SSSR count). The number of methoxy groups -OCH3 is 1. The molecule has 5 nitrogen and oxygen atoms in total. The third-order valence-electron chi connectivity index (χ3n) is 2.33. The molecule has 0 aliphatic carbocycles. The van der Waals surface area contributed by atoms with Crippen LogP contribution in [0.15, 0.2) is 18.2 Å². The van der Waals surface area contributed by atoms with Crippen molar-refractivity contribution in [3.8, 4) is 0 Å². The van der Waals surface area contributed by atoms with E-state index in [-0.39, 0.29) is 11.1 Å². The van der Waals surface area contributed by atoms with E-state index in [1.807, 2.05) is 0 Å². The van der Waals surface area contributed by atoms with Crippen molar-refractivity contribution in [1.29, 1.82) is 0 Å². The molecular weight excluding hydrogens is 212 g/mol. The predicted molar refractivity (Wildman–Crippen MR) is 55.8 cm³/mol. The number of benzene rings is 1. The van der Waals surface area contributed by atoms with Crippen molar-refractivity contribution in [2.45, 2.75) is 13.0 Å². The summed E-state index contributed by atoms with van der Waals surface area (Å²) in [5.41, 5.74) is -0.0897. The SMILES string of the molecule is COC(C)c1cccc(C(=O)O)c1C(=O)O. The molecule has 1 aromatic rings. The molecule has 0 saturated heterocycles. The standard InChI is InChI=1S/C11H12O5/c1-6(16-2)7-4-3-5-8(10(12)13)9(7)11(14)15/h3-6H,1-2H3,(H,12,13)(H,14,15). The highest BCUT2D eigenvalue weighted by atomic mass is 16.5. The molecule has 0 radical (unpaired) electrons. The van der Waals surface area contributed by atoms with Crippen LogP contribution < -0.4 is 0 Å². The zero-order valence-electron chi connectivity index (χ0n) is 8.93. The Morgan fingerprint density at radius 1 is 1.25 bits per heavy atom. The molecule has 0 saturated carbocycles. The summed E-state index contributed by atoms with van der Waals surface area (Å²) in [6, 6.07) is 4.31. The molecule has 1 aromatic carbocycles. The zero-order valence-corrected chi connectivity index (χ0v) is 8.93. The molecule has 86 valence electrons. The molecule has 5 heteroatoms. The second-order valence-corrected chi connectivity index (χ2v) is 3.26. The lowest BCUT2D eigenvalue weighted by atomic mass is 9.98. The van der Waals surface area contributed by atoms with Gasteiger partial charge in [0.05, 0.1) is 17.2 Å². The van der Waals surface area contributed by atoms with Crippen LogP contribution in [0.1, 0.15) is 39.3 Å². The maximum Gasteiger partial charge on any atom is 0.336 e. The average molecular weight is 224 g/mol. The molecule has 0 bridgehead atoms. The Bertz CT molecular complexity index is 424. The lowest BCUT2D eigenvalue weighted by Gasteiger charge is -2.14. The van der Waals surface area contributed by atoms with Crippen LogP contribution in [-0.2, 0) is 4.74 Å². The first-order chi connectivity index (χ1) is 7.49. The third-order valence-corrected chi connectivity index (χ3v) is 2.33. The number of aromatic carboxylic acids is 2. The van der Waals surface area contributed by atoms with Gasteiger partial charge >= 0.3 is 11.9 Å². The first kappa shape index (κ1) is 12.2. The van der Waals surface area contributed by atoms with Crippen LogP contribution in [0, 0.1) is 0 Å². The number of ether oxygens (including phenoxy) is 1. The summed E-state index contributed by atoms with van der Waals surface area (Å²) in [5, 5.41) is 17.9. The van der Waals surface area contributed by atoms with Gasteiger partial charge in [-0.05, 0) is 18.6 Å². The molecule has 0 amide bonds. The largest absolute Gasteiger partial charge is 0.478 e. The predicted octanol–water partition coefficient (Wildman–Crippen LogP) is 1.79. The Morgan fingerprint density at radius 3 is 2.31 bits per heavy atom. The molecule has 0 spiro atoms. The van der Waals surface area contributed by atoms with E-state index in [0.29, 0.717) is 5.56 Å². The van der Waals surface area contributed by atoms with E-state index in [1.54, 1.807) is 13.0 Å². The number of carbonyl (C=O) groups is 2. The van der Waals surface area contributed by atoms with Gasteiger partial charge in [-0.15, -0.1) is 0 Å². The highest BCUT2D eigenvalue weighted by molar-refractivity contribution is 6.02. The summed E-state index contributed by atoms with van der Waals surface area (Å²) in [6.45, 7) is 1.66. The lowest BCUT2D eigenvalue weighted by Crippen LogP contribution is -2.13. The minimum Gasteiger partial charge on any atom is -0.478 e. The molecule has 0 aromatic heterocycles. The van der Waals surface area contributed by atoms with Gasteiger partial charge in [-0.25, -0.2) is 9.59 Å². The lowest BCUT2D eigenvalue weighted by molar-refractivity contribution is 0.0641. The Morgan fingerprint density at radius 2 is 1.88 bits per heavy atom. The molecule has 16 heavy (non-hydrogen) atoms. The zero-order chi connectivity index (χ0) is 12.3. The highest BCUT2D eigenvalue weighted by Gasteiger charge is 2.22. The van der Waals surface area contributed by atoms with Crippen molar-refractivity contribution in [2.75, 3.05) is 7.11 Å². The highest BCUT2D eigenvalue weighted by Crippen LogP contribution is 2.23. The molecular formula is C11H12O5. The molecule has 2 N–H and O–H groups in total. The second-order valence-electron chi connectivity index (χ2n) is 3.26. The number of carboxylic acid groups (broad SMARTS) is 2. The summed E-state index contributed by atoms with van der Waals surface area (Å²) in [7, 11) is 1.43. The Balaban J connectivity index is 3.44. The van der Waals surface area contributed by atoms with Crippen molar-refractivity contribution in [1.82, 2.24) is 0 Å². The first-order valence-corrected chi connectivity index (χ1v) is 4.61. The van der Waals surface area contributed by atoms with E-state index in [1.165, 1.54) is 19.2 Å². The van der Waals surface area contributed by atoms with Crippen LogP contribution in [0.4, 0.5) is 0 Å². The first-order valence-electron chi connectivity index (χ1n) is 4.61. The van der Waals surface area contributed by atoms with E-state index in [4.69, 9.17) is 14.9 Å². The van der Waals surface area contributed by atoms with Crippen molar-refractivity contribution >= 4 is 11.9 Å². The topological polar surface area (TPSA) is 83.8 Å². The average Bonchev–Trinajstić information content (AvgIpc) is 2.26. The fraction of sp³-hybridized carbons (Fsp3) is 0.273. The fourth-order valence-electron chi connectivity index (χ4n) is 1.45. The van der Waals surface area contributed by atoms with Crippen LogP contribution in [0.2, 0.25) is 0 Å². The van der Waals surface area contributed by atoms with Crippen LogP contribution in [-0.4, -0.2) is 29.3 Å². The number of carboxylic acids is 2. The number of hydrogen-bond donors (Lipinski definition) is 2. The van der Waals surface area contributed by atoms with E-state index in [2.05, 4.69) is 0 Å². The van der Waals surface area contributed by atoms with Crippen LogP contribution in [0.5, 0.6) is 0 Å². The number of hydrogen-bond acceptors (Lipinski definition) is 3. The summed E-state index contributed by atoms with van der Waals surface area (Å²) in [6.07, 6.45) is -0.467. The summed E-state index contributed by atoms with van der Waals surface area (Å²) in [5.74, 6) is -2.53. The van der Waals surface area contributed by atoms with Gasteiger partial charge < -0.3 is 14.9 Å². The summed E-state index contributed by atoms with van der Waals surface area (Å²) in [4.78, 5) is 21.9. The van der Waals surface area contributed by atoms with E-state index in [9.17, 15) is 9.59 Å². The molecule has 0 aliphatic heterocycles. The summed E-state index contributed by atoms with van der Waals surface area (Å²) >= 11 is 0. The molecule has 1 atom stereocenters. The van der Waals surface area contributed by atoms with E-state index >= 15 is 0 Å². The summed E-state index contributed by atoms with van der Waals surface area (Å²) < 4.78 is 5.01. The van der Waals surface area contributed by atoms with E-state index in [0.717, 1.165) is 0 Å². The van der Waals surface area contributed by atoms with Gasteiger partial charge in [0, 0.05) is 7.11 Å². The smallest absolute Gasteiger partial charge is 0.336 e. The van der Waals surface area contributed by atoms with E-state index < -0.39 is 18.0 Å².